The van der Waals surface area contributed by atoms with Gasteiger partial charge in [0.1, 0.15) is 12.6 Å². The molecule has 0 radical (unpaired) electrons. The van der Waals surface area contributed by atoms with Crippen LogP contribution in [0.1, 0.15) is 17.3 Å². The molecule has 1 aliphatic heterocycles. The Kier molecular flexibility index (Phi) is 3.43. The van der Waals surface area contributed by atoms with Gasteiger partial charge in [0.05, 0.1) is 11.3 Å². The molecule has 1 saturated heterocycles. The van der Waals surface area contributed by atoms with Crippen LogP contribution in [-0.4, -0.2) is 40.2 Å². The van der Waals surface area contributed by atoms with Crippen LogP contribution in [0.2, 0.25) is 0 Å². The SMILES string of the molecule is CC1C(=O)NC(=O)CN1C(=O)c1cnccc1NN. The number of nitrogens with one attached hydrogen (secondary N) is 2. The topological polar surface area (TPSA) is 117 Å². The molecule has 8 heteroatoms. The Hall–Kier alpha value is -2.48. The van der Waals surface area contributed by atoms with E-state index in [1.54, 1.807) is 6.92 Å². The first-order valence-electron chi connectivity index (χ1n) is 5.60. The maximum Gasteiger partial charge on any atom is 0.258 e. The second kappa shape index (κ2) is 5.02. The summed E-state index contributed by atoms with van der Waals surface area (Å²) in [6.45, 7) is 1.37. The number of aromatic nitrogens is 1. The highest BCUT2D eigenvalue weighted by molar-refractivity contribution is 6.08. The van der Waals surface area contributed by atoms with E-state index in [9.17, 15) is 14.4 Å². The van der Waals surface area contributed by atoms with Gasteiger partial charge in [-0.1, -0.05) is 0 Å². The van der Waals surface area contributed by atoms with Crippen LogP contribution in [0.3, 0.4) is 0 Å². The third kappa shape index (κ3) is 2.38. The second-order valence-electron chi connectivity index (χ2n) is 4.09. The monoisotopic (exact) mass is 263 g/mol. The van der Waals surface area contributed by atoms with Crippen LogP contribution in [0.25, 0.3) is 0 Å². The van der Waals surface area contributed by atoms with E-state index in [4.69, 9.17) is 5.84 Å². The second-order valence-corrected chi connectivity index (χ2v) is 4.09. The first-order valence-corrected chi connectivity index (χ1v) is 5.60. The number of hydrogen-bond acceptors (Lipinski definition) is 6. The van der Waals surface area contributed by atoms with Crippen LogP contribution in [0.15, 0.2) is 18.5 Å². The van der Waals surface area contributed by atoms with E-state index in [0.717, 1.165) is 0 Å². The smallest absolute Gasteiger partial charge is 0.258 e. The Labute approximate surface area is 108 Å². The number of imide groups is 1. The van der Waals surface area contributed by atoms with Crippen LogP contribution in [-0.2, 0) is 9.59 Å². The molecule has 8 nitrogen and oxygen atoms in total. The molecule has 1 aromatic heterocycles. The minimum absolute atomic E-state index is 0.176. The lowest BCUT2D eigenvalue weighted by Gasteiger charge is -2.31. The standard InChI is InChI=1S/C11H13N5O3/c1-6-10(18)14-9(17)5-16(6)11(19)7-4-13-3-2-8(7)15-12/h2-4,6H,5,12H2,1H3,(H,13,15)(H,14,17,18). The molecular weight excluding hydrogens is 250 g/mol. The molecule has 2 heterocycles. The van der Waals surface area contributed by atoms with E-state index in [2.05, 4.69) is 15.7 Å². The molecule has 1 atom stereocenters. The number of nitrogen functional groups attached to an aromatic ring is 1. The molecule has 100 valence electrons. The predicted molar refractivity (Wildman–Crippen MR) is 65.7 cm³/mol. The van der Waals surface area contributed by atoms with Crippen molar-refractivity contribution in [1.82, 2.24) is 15.2 Å². The zero-order chi connectivity index (χ0) is 14.0. The van der Waals surface area contributed by atoms with Gasteiger partial charge in [0, 0.05) is 12.4 Å². The number of nitrogens with two attached hydrogens (primary N) is 1. The van der Waals surface area contributed by atoms with Crippen molar-refractivity contribution >= 4 is 23.4 Å². The summed E-state index contributed by atoms with van der Waals surface area (Å²) in [6.07, 6.45) is 2.81. The van der Waals surface area contributed by atoms with Crippen molar-refractivity contribution in [2.75, 3.05) is 12.0 Å². The van der Waals surface area contributed by atoms with Gasteiger partial charge in [0.15, 0.2) is 0 Å². The summed E-state index contributed by atoms with van der Waals surface area (Å²) >= 11 is 0. The van der Waals surface area contributed by atoms with Gasteiger partial charge in [-0.15, -0.1) is 0 Å². The zero-order valence-corrected chi connectivity index (χ0v) is 10.2. The summed E-state index contributed by atoms with van der Waals surface area (Å²) in [5.41, 5.74) is 2.97. The number of hydrogen-bond donors (Lipinski definition) is 3. The van der Waals surface area contributed by atoms with E-state index in [0.29, 0.717) is 5.69 Å². The summed E-state index contributed by atoms with van der Waals surface area (Å²) in [5, 5.41) is 2.17. The highest BCUT2D eigenvalue weighted by Crippen LogP contribution is 2.17. The van der Waals surface area contributed by atoms with Crippen LogP contribution in [0.5, 0.6) is 0 Å². The van der Waals surface area contributed by atoms with E-state index in [-0.39, 0.29) is 12.1 Å². The zero-order valence-electron chi connectivity index (χ0n) is 10.2. The number of amides is 3. The first kappa shape index (κ1) is 13.0. The molecule has 2 rings (SSSR count). The number of rotatable bonds is 2. The minimum Gasteiger partial charge on any atom is -0.323 e. The summed E-state index contributed by atoms with van der Waals surface area (Å²) in [7, 11) is 0. The van der Waals surface area contributed by atoms with Crippen LogP contribution >= 0.6 is 0 Å². The lowest BCUT2D eigenvalue weighted by atomic mass is 10.1. The summed E-state index contributed by atoms with van der Waals surface area (Å²) in [5.74, 6) is 3.82. The van der Waals surface area contributed by atoms with Crippen LogP contribution in [0.4, 0.5) is 5.69 Å². The first-order chi connectivity index (χ1) is 9.04. The maximum atomic E-state index is 12.3. The van der Waals surface area contributed by atoms with E-state index >= 15 is 0 Å². The molecule has 1 aromatic rings. The van der Waals surface area contributed by atoms with Crippen molar-refractivity contribution in [1.29, 1.82) is 0 Å². The van der Waals surface area contributed by atoms with Crippen LogP contribution < -0.4 is 16.6 Å². The van der Waals surface area contributed by atoms with Gasteiger partial charge in [0.2, 0.25) is 11.8 Å². The van der Waals surface area contributed by atoms with Crippen molar-refractivity contribution in [3.63, 3.8) is 0 Å². The Morgan fingerprint density at radius 2 is 2.32 bits per heavy atom. The number of carbonyl (C=O) groups is 3. The Morgan fingerprint density at radius 3 is 3.00 bits per heavy atom. The van der Waals surface area contributed by atoms with Gasteiger partial charge in [-0.2, -0.15) is 0 Å². The fraction of sp³-hybridized carbons (Fsp3) is 0.273. The average molecular weight is 263 g/mol. The molecule has 19 heavy (non-hydrogen) atoms. The predicted octanol–water partition coefficient (Wildman–Crippen LogP) is -1.15. The summed E-state index contributed by atoms with van der Waals surface area (Å²) in [6, 6.07) is 0.806. The number of anilines is 1. The lowest BCUT2D eigenvalue weighted by Crippen LogP contribution is -2.58. The minimum atomic E-state index is -0.726. The molecule has 1 unspecified atom stereocenters. The van der Waals surface area contributed by atoms with Gasteiger partial charge >= 0.3 is 0 Å². The van der Waals surface area contributed by atoms with Crippen molar-refractivity contribution < 1.29 is 14.4 Å². The van der Waals surface area contributed by atoms with Crippen molar-refractivity contribution in [3.05, 3.63) is 24.0 Å². The normalized spacial score (nSPS) is 19.1. The fourth-order valence-electron chi connectivity index (χ4n) is 1.81. The summed E-state index contributed by atoms with van der Waals surface area (Å²) < 4.78 is 0. The third-order valence-corrected chi connectivity index (χ3v) is 2.89. The Morgan fingerprint density at radius 1 is 1.58 bits per heavy atom. The lowest BCUT2D eigenvalue weighted by molar-refractivity contribution is -0.138. The van der Waals surface area contributed by atoms with Gasteiger partial charge in [-0.3, -0.25) is 30.5 Å². The third-order valence-electron chi connectivity index (χ3n) is 2.89. The number of hydrazine groups is 1. The average Bonchev–Trinajstić information content (AvgIpc) is 2.42. The maximum absolute atomic E-state index is 12.3. The largest absolute Gasteiger partial charge is 0.323 e. The highest BCUT2D eigenvalue weighted by atomic mass is 16.2. The molecule has 0 spiro atoms. The molecule has 0 saturated carbocycles. The van der Waals surface area contributed by atoms with Gasteiger partial charge in [0.25, 0.3) is 5.91 Å². The number of pyridine rings is 1. The highest BCUT2D eigenvalue weighted by Gasteiger charge is 2.34. The number of carbonyl (C=O) groups excluding carboxylic acids is 3. The molecule has 1 fully saturated rings. The van der Waals surface area contributed by atoms with Crippen molar-refractivity contribution in [2.45, 2.75) is 13.0 Å². The quantitative estimate of drug-likeness (QED) is 0.352. The molecule has 1 aliphatic rings. The molecule has 3 amide bonds. The molecular formula is C11H13N5O3. The van der Waals surface area contributed by atoms with Crippen molar-refractivity contribution in [2.24, 2.45) is 5.84 Å². The fourth-order valence-corrected chi connectivity index (χ4v) is 1.81. The Balaban J connectivity index is 2.32. The molecule has 0 aliphatic carbocycles. The molecule has 4 N–H and O–H groups in total. The summed E-state index contributed by atoms with van der Waals surface area (Å²) in [4.78, 5) is 40.2. The van der Waals surface area contributed by atoms with E-state index in [1.807, 2.05) is 0 Å². The van der Waals surface area contributed by atoms with E-state index < -0.39 is 23.8 Å². The van der Waals surface area contributed by atoms with Crippen LogP contribution in [0, 0.1) is 0 Å². The van der Waals surface area contributed by atoms with Gasteiger partial charge in [-0.05, 0) is 13.0 Å². The van der Waals surface area contributed by atoms with Gasteiger partial charge < -0.3 is 10.3 Å². The Bertz CT molecular complexity index is 545. The van der Waals surface area contributed by atoms with E-state index in [1.165, 1.54) is 23.4 Å². The molecule has 0 aromatic carbocycles. The number of piperazine rings is 1. The number of nitrogens with zero attached hydrogens (tertiary/aromatic N) is 2. The van der Waals surface area contributed by atoms with Crippen molar-refractivity contribution in [3.8, 4) is 0 Å². The molecule has 0 bridgehead atoms. The van der Waals surface area contributed by atoms with Gasteiger partial charge in [-0.25, -0.2) is 0 Å².